The number of benzene rings is 1. The van der Waals surface area contributed by atoms with Gasteiger partial charge in [0.15, 0.2) is 0 Å². The van der Waals surface area contributed by atoms with Crippen molar-refractivity contribution in [1.82, 2.24) is 9.55 Å². The number of nitro benzene ring substituents is 2. The van der Waals surface area contributed by atoms with E-state index < -0.39 is 34.0 Å². The highest BCUT2D eigenvalue weighted by molar-refractivity contribution is 5.49. The molecular weight excluding hydrogens is 426 g/mol. The second-order valence-electron chi connectivity index (χ2n) is 7.49. The number of nitro groups is 2. The molecule has 172 valence electrons. The molecule has 0 saturated carbocycles. The SMILES string of the molecule is Nc1nc(=O)n([C@H]2CC(O)[C@@H](CO)O2)cc1CCCCc1ccc([N+](=O)[O-])cc1[N+](=O)[O-]. The molecule has 0 spiro atoms. The van der Waals surface area contributed by atoms with Crippen LogP contribution in [-0.4, -0.2) is 48.4 Å². The number of aromatic nitrogens is 2. The molecule has 13 nitrogen and oxygen atoms in total. The maximum Gasteiger partial charge on any atom is 0.351 e. The number of hydrogen-bond acceptors (Lipinski definition) is 10. The molecule has 3 rings (SSSR count). The number of aliphatic hydroxyl groups excluding tert-OH is 2. The van der Waals surface area contributed by atoms with Crippen LogP contribution in [0.2, 0.25) is 0 Å². The van der Waals surface area contributed by atoms with Crippen LogP contribution in [0.3, 0.4) is 0 Å². The highest BCUT2D eigenvalue weighted by Gasteiger charge is 2.35. The summed E-state index contributed by atoms with van der Waals surface area (Å²) in [7, 11) is 0. The topological polar surface area (TPSA) is 197 Å². The van der Waals surface area contributed by atoms with E-state index >= 15 is 0 Å². The second kappa shape index (κ2) is 9.80. The molecule has 3 atom stereocenters. The third-order valence-electron chi connectivity index (χ3n) is 5.37. The number of nitrogens with zero attached hydrogens (tertiary/aromatic N) is 4. The molecule has 1 aromatic heterocycles. The Balaban J connectivity index is 1.66. The molecule has 1 aromatic carbocycles. The number of hydrogen-bond donors (Lipinski definition) is 3. The van der Waals surface area contributed by atoms with Crippen LogP contribution in [0.4, 0.5) is 17.2 Å². The fourth-order valence-electron chi connectivity index (χ4n) is 3.65. The van der Waals surface area contributed by atoms with Crippen LogP contribution in [-0.2, 0) is 17.6 Å². The van der Waals surface area contributed by atoms with Crippen molar-refractivity contribution in [3.63, 3.8) is 0 Å². The lowest BCUT2D eigenvalue weighted by molar-refractivity contribution is -0.394. The van der Waals surface area contributed by atoms with Crippen LogP contribution in [0.1, 0.15) is 36.6 Å². The average Bonchev–Trinajstić information content (AvgIpc) is 3.12. The second-order valence-corrected chi connectivity index (χ2v) is 7.49. The monoisotopic (exact) mass is 449 g/mol. The summed E-state index contributed by atoms with van der Waals surface area (Å²) in [6.45, 7) is -0.379. The standard InChI is InChI=1S/C19H23N5O8/c20-18-12(9-22(19(27)21-18)17-8-15(26)16(10-25)32-17)4-2-1-3-11-5-6-13(23(28)29)7-14(11)24(30)31/h5-7,9,15-17,25-26H,1-4,8,10H2,(H2,20,21,27)/t15?,16-,17-/m1/s1. The maximum atomic E-state index is 12.2. The Hall–Kier alpha value is -3.42. The Morgan fingerprint density at radius 2 is 1.88 bits per heavy atom. The van der Waals surface area contributed by atoms with Gasteiger partial charge in [0.05, 0.1) is 28.6 Å². The van der Waals surface area contributed by atoms with Gasteiger partial charge in [-0.3, -0.25) is 24.8 Å². The normalized spacial score (nSPS) is 20.4. The highest BCUT2D eigenvalue weighted by atomic mass is 16.6. The van der Waals surface area contributed by atoms with Gasteiger partial charge in [0.1, 0.15) is 18.1 Å². The van der Waals surface area contributed by atoms with Crippen LogP contribution >= 0.6 is 0 Å². The minimum atomic E-state index is -0.907. The number of nitrogens with two attached hydrogens (primary N) is 1. The predicted molar refractivity (Wildman–Crippen MR) is 111 cm³/mol. The third-order valence-corrected chi connectivity index (χ3v) is 5.37. The Labute approximate surface area is 181 Å². The fraction of sp³-hybridized carbons (Fsp3) is 0.474. The molecule has 1 aliphatic heterocycles. The number of anilines is 1. The van der Waals surface area contributed by atoms with Gasteiger partial charge in [0, 0.05) is 29.8 Å². The van der Waals surface area contributed by atoms with E-state index in [2.05, 4.69) is 4.98 Å². The zero-order valence-electron chi connectivity index (χ0n) is 17.0. The Kier molecular flexibility index (Phi) is 7.12. The van der Waals surface area contributed by atoms with Crippen molar-refractivity contribution in [2.45, 2.75) is 50.5 Å². The van der Waals surface area contributed by atoms with E-state index in [0.717, 1.165) is 6.07 Å². The number of aryl methyl sites for hydroxylation is 2. The Morgan fingerprint density at radius 3 is 2.47 bits per heavy atom. The van der Waals surface area contributed by atoms with E-state index in [0.29, 0.717) is 36.8 Å². The van der Waals surface area contributed by atoms with Gasteiger partial charge < -0.3 is 20.7 Å². The van der Waals surface area contributed by atoms with Gasteiger partial charge in [0.25, 0.3) is 11.4 Å². The molecular formula is C19H23N5O8. The molecule has 13 heteroatoms. The lowest BCUT2D eigenvalue weighted by Gasteiger charge is -2.16. The van der Waals surface area contributed by atoms with Crippen LogP contribution in [0.25, 0.3) is 0 Å². The molecule has 32 heavy (non-hydrogen) atoms. The number of aliphatic hydroxyl groups is 2. The summed E-state index contributed by atoms with van der Waals surface area (Å²) < 4.78 is 6.73. The first-order valence-corrected chi connectivity index (χ1v) is 9.95. The summed E-state index contributed by atoms with van der Waals surface area (Å²) in [4.78, 5) is 36.8. The first-order chi connectivity index (χ1) is 15.2. The molecule has 2 heterocycles. The number of nitrogen functional groups attached to an aromatic ring is 1. The third kappa shape index (κ3) is 5.07. The van der Waals surface area contributed by atoms with E-state index in [1.165, 1.54) is 22.9 Å². The van der Waals surface area contributed by atoms with Gasteiger partial charge >= 0.3 is 5.69 Å². The van der Waals surface area contributed by atoms with E-state index in [9.17, 15) is 35.2 Å². The van der Waals surface area contributed by atoms with Crippen LogP contribution in [0.15, 0.2) is 29.2 Å². The van der Waals surface area contributed by atoms with Crippen LogP contribution in [0, 0.1) is 20.2 Å². The molecule has 0 bridgehead atoms. The van der Waals surface area contributed by atoms with Crippen molar-refractivity contribution in [3.05, 3.63) is 66.2 Å². The summed E-state index contributed by atoms with van der Waals surface area (Å²) >= 11 is 0. The molecule has 1 unspecified atom stereocenters. The van der Waals surface area contributed by atoms with Crippen molar-refractivity contribution in [2.24, 2.45) is 0 Å². The molecule has 1 aliphatic rings. The molecule has 1 fully saturated rings. The highest BCUT2D eigenvalue weighted by Crippen LogP contribution is 2.29. The molecule has 1 saturated heterocycles. The van der Waals surface area contributed by atoms with Crippen molar-refractivity contribution < 1.29 is 24.8 Å². The molecule has 4 N–H and O–H groups in total. The Morgan fingerprint density at radius 1 is 1.19 bits per heavy atom. The summed E-state index contributed by atoms with van der Waals surface area (Å²) in [5.41, 5.74) is 5.55. The summed E-state index contributed by atoms with van der Waals surface area (Å²) in [6, 6.07) is 3.56. The largest absolute Gasteiger partial charge is 0.394 e. The van der Waals surface area contributed by atoms with Gasteiger partial charge in [-0.15, -0.1) is 0 Å². The average molecular weight is 449 g/mol. The van der Waals surface area contributed by atoms with E-state index in [-0.39, 0.29) is 30.2 Å². The molecule has 0 aliphatic carbocycles. The van der Waals surface area contributed by atoms with Crippen LogP contribution < -0.4 is 11.4 Å². The van der Waals surface area contributed by atoms with Gasteiger partial charge in [-0.1, -0.05) is 0 Å². The van der Waals surface area contributed by atoms with Crippen molar-refractivity contribution in [3.8, 4) is 0 Å². The zero-order chi connectivity index (χ0) is 23.4. The minimum Gasteiger partial charge on any atom is -0.394 e. The minimum absolute atomic E-state index is 0.0600. The number of non-ortho nitro benzene ring substituents is 1. The summed E-state index contributed by atoms with van der Waals surface area (Å²) in [5.74, 6) is 0.0600. The first kappa shape index (κ1) is 23.2. The van der Waals surface area contributed by atoms with Crippen molar-refractivity contribution in [1.29, 1.82) is 0 Å². The molecule has 0 amide bonds. The first-order valence-electron chi connectivity index (χ1n) is 9.95. The molecule has 0 radical (unpaired) electrons. The smallest absolute Gasteiger partial charge is 0.351 e. The zero-order valence-corrected chi connectivity index (χ0v) is 17.0. The van der Waals surface area contributed by atoms with Gasteiger partial charge in [0.2, 0.25) is 0 Å². The van der Waals surface area contributed by atoms with E-state index in [4.69, 9.17) is 10.5 Å². The predicted octanol–water partition coefficient (Wildman–Crippen LogP) is 0.848. The van der Waals surface area contributed by atoms with Gasteiger partial charge in [-0.25, -0.2) is 4.79 Å². The number of rotatable bonds is 9. The van der Waals surface area contributed by atoms with E-state index in [1.54, 1.807) is 0 Å². The van der Waals surface area contributed by atoms with Gasteiger partial charge in [-0.2, -0.15) is 4.98 Å². The number of ether oxygens (including phenoxy) is 1. The molecule has 2 aromatic rings. The van der Waals surface area contributed by atoms with Gasteiger partial charge in [-0.05, 0) is 31.7 Å². The fourth-order valence-corrected chi connectivity index (χ4v) is 3.65. The van der Waals surface area contributed by atoms with E-state index in [1.807, 2.05) is 0 Å². The van der Waals surface area contributed by atoms with Crippen molar-refractivity contribution >= 4 is 17.2 Å². The van der Waals surface area contributed by atoms with Crippen molar-refractivity contribution in [2.75, 3.05) is 12.3 Å². The quantitative estimate of drug-likeness (QED) is 0.280. The Bertz CT molecular complexity index is 1070. The van der Waals surface area contributed by atoms with Crippen LogP contribution in [0.5, 0.6) is 0 Å². The lowest BCUT2D eigenvalue weighted by Crippen LogP contribution is -2.29. The lowest BCUT2D eigenvalue weighted by atomic mass is 10.0. The summed E-state index contributed by atoms with van der Waals surface area (Å²) in [6.07, 6.45) is 1.02. The maximum absolute atomic E-state index is 12.2. The number of unbranched alkanes of at least 4 members (excludes halogenated alkanes) is 1. The summed E-state index contributed by atoms with van der Waals surface area (Å²) in [5, 5.41) is 41.2.